The molecular weight excluding hydrogens is 508 g/mol. The van der Waals surface area contributed by atoms with Gasteiger partial charge in [0.25, 0.3) is 0 Å². The van der Waals surface area contributed by atoms with Gasteiger partial charge < -0.3 is 24.8 Å². The van der Waals surface area contributed by atoms with E-state index < -0.39 is 11.7 Å². The Kier molecular flexibility index (Phi) is 8.79. The zero-order chi connectivity index (χ0) is 28.7. The summed E-state index contributed by atoms with van der Waals surface area (Å²) in [5, 5.41) is 11.4. The number of aromatic nitrogens is 3. The highest BCUT2D eigenvalue weighted by molar-refractivity contribution is 5.82. The average molecular weight is 543 g/mol. The minimum atomic E-state index is -0.624. The Morgan fingerprint density at radius 3 is 2.33 bits per heavy atom. The van der Waals surface area contributed by atoms with Gasteiger partial charge in [-0.25, -0.2) is 19.7 Å². The fourth-order valence-electron chi connectivity index (χ4n) is 4.25. The molecule has 1 N–H and O–H groups in total. The number of pyridine rings is 1. The monoisotopic (exact) mass is 542 g/mol. The average Bonchev–Trinajstić information content (AvgIpc) is 2.95. The molecule has 3 heterocycles. The molecule has 4 rings (SSSR count). The lowest BCUT2D eigenvalue weighted by molar-refractivity contribution is -0.129. The molecule has 1 aliphatic heterocycles. The number of nitrogens with zero attached hydrogens (tertiary/aromatic N) is 7. The number of carbonyl (C=O) groups excluding carboxylic acids is 2. The van der Waals surface area contributed by atoms with E-state index in [4.69, 9.17) is 10.00 Å². The summed E-state index contributed by atoms with van der Waals surface area (Å²) in [5.41, 5.74) is 3.57. The molecule has 0 atom stereocenters. The maximum absolute atomic E-state index is 12.5. The maximum atomic E-state index is 12.5. The SMILES string of the molecule is CN(Cc1cccc(-c2cnc(N3CCN(c4ccc(C#N)nc4)CC3)nc2)c1)C(=O)CNC(=O)OC(C)(C)C. The van der Waals surface area contributed by atoms with Crippen LogP contribution in [0.2, 0.25) is 0 Å². The van der Waals surface area contributed by atoms with E-state index in [-0.39, 0.29) is 12.5 Å². The van der Waals surface area contributed by atoms with Crippen LogP contribution in [0.3, 0.4) is 0 Å². The Hall–Kier alpha value is -4.72. The van der Waals surface area contributed by atoms with Crippen LogP contribution in [0.15, 0.2) is 55.0 Å². The fourth-order valence-corrected chi connectivity index (χ4v) is 4.25. The second-order valence-electron chi connectivity index (χ2n) is 10.6. The van der Waals surface area contributed by atoms with Crippen LogP contribution in [0.4, 0.5) is 16.4 Å². The van der Waals surface area contributed by atoms with E-state index in [9.17, 15) is 9.59 Å². The van der Waals surface area contributed by atoms with Crippen molar-refractivity contribution < 1.29 is 14.3 Å². The van der Waals surface area contributed by atoms with Gasteiger partial charge in [-0.1, -0.05) is 18.2 Å². The highest BCUT2D eigenvalue weighted by atomic mass is 16.6. The van der Waals surface area contributed by atoms with Crippen LogP contribution in [0, 0.1) is 11.3 Å². The number of hydrogen-bond donors (Lipinski definition) is 1. The fraction of sp³-hybridized carbons (Fsp3) is 0.379. The van der Waals surface area contributed by atoms with Crippen molar-refractivity contribution in [2.45, 2.75) is 32.9 Å². The third-order valence-electron chi connectivity index (χ3n) is 6.32. The molecular formula is C29H34N8O3. The molecule has 11 heteroatoms. The van der Waals surface area contributed by atoms with Crippen molar-refractivity contribution in [2.75, 3.05) is 49.6 Å². The minimum Gasteiger partial charge on any atom is -0.444 e. The summed E-state index contributed by atoms with van der Waals surface area (Å²) in [5.74, 6) is 0.458. The topological polar surface area (TPSA) is 128 Å². The number of likely N-dealkylation sites (N-methyl/N-ethyl adjacent to an activating group) is 1. The van der Waals surface area contributed by atoms with Crippen LogP contribution in [0.25, 0.3) is 11.1 Å². The Labute approximate surface area is 234 Å². The molecule has 0 aliphatic carbocycles. The van der Waals surface area contributed by atoms with Crippen LogP contribution in [-0.2, 0) is 16.1 Å². The van der Waals surface area contributed by atoms with Crippen molar-refractivity contribution in [1.29, 1.82) is 5.26 Å². The zero-order valence-electron chi connectivity index (χ0n) is 23.3. The Balaban J connectivity index is 1.30. The first-order valence-corrected chi connectivity index (χ1v) is 13.1. The molecule has 11 nitrogen and oxygen atoms in total. The van der Waals surface area contributed by atoms with Crippen LogP contribution >= 0.6 is 0 Å². The normalized spacial score (nSPS) is 13.4. The summed E-state index contributed by atoms with van der Waals surface area (Å²) in [7, 11) is 1.70. The third-order valence-corrected chi connectivity index (χ3v) is 6.32. The largest absolute Gasteiger partial charge is 0.444 e. The van der Waals surface area contributed by atoms with Crippen molar-refractivity contribution in [3.63, 3.8) is 0 Å². The molecule has 0 bridgehead atoms. The first kappa shape index (κ1) is 28.3. The number of piperazine rings is 1. The van der Waals surface area contributed by atoms with Gasteiger partial charge in [0.15, 0.2) is 0 Å². The highest BCUT2D eigenvalue weighted by Gasteiger charge is 2.20. The standard InChI is InChI=1S/C29H34N8O3/c1-29(2,3)40-28(39)34-19-26(38)35(4)20-21-6-5-7-22(14-21)23-16-32-27(33-17-23)37-12-10-36(11-13-37)25-9-8-24(15-30)31-18-25/h5-9,14,16-18H,10-13,19-20H2,1-4H3,(H,34,39). The van der Waals surface area contributed by atoms with E-state index in [1.807, 2.05) is 48.8 Å². The quantitative estimate of drug-likeness (QED) is 0.479. The molecule has 1 fully saturated rings. The zero-order valence-corrected chi connectivity index (χ0v) is 23.3. The van der Waals surface area contributed by atoms with Gasteiger partial charge in [0.1, 0.15) is 23.9 Å². The van der Waals surface area contributed by atoms with E-state index >= 15 is 0 Å². The van der Waals surface area contributed by atoms with E-state index in [1.165, 1.54) is 0 Å². The number of ether oxygens (including phenoxy) is 1. The first-order chi connectivity index (χ1) is 19.1. The summed E-state index contributed by atoms with van der Waals surface area (Å²) in [6.45, 7) is 8.72. The summed E-state index contributed by atoms with van der Waals surface area (Å²) in [6.07, 6.45) is 4.75. The minimum absolute atomic E-state index is 0.140. The molecule has 208 valence electrons. The van der Waals surface area contributed by atoms with Crippen molar-refractivity contribution in [1.82, 2.24) is 25.2 Å². The van der Waals surface area contributed by atoms with Crippen LogP contribution in [-0.4, -0.2) is 77.2 Å². The molecule has 40 heavy (non-hydrogen) atoms. The van der Waals surface area contributed by atoms with Gasteiger partial charge in [0.05, 0.1) is 11.9 Å². The van der Waals surface area contributed by atoms with Gasteiger partial charge in [-0.2, -0.15) is 5.26 Å². The molecule has 0 saturated carbocycles. The van der Waals surface area contributed by atoms with Crippen LogP contribution in [0.5, 0.6) is 0 Å². The third kappa shape index (κ3) is 7.66. The Bertz CT molecular complexity index is 1360. The predicted octanol–water partition coefficient (Wildman–Crippen LogP) is 3.22. The number of carbonyl (C=O) groups is 2. The lowest BCUT2D eigenvalue weighted by Gasteiger charge is -2.35. The summed E-state index contributed by atoms with van der Waals surface area (Å²) >= 11 is 0. The highest BCUT2D eigenvalue weighted by Crippen LogP contribution is 2.22. The number of nitriles is 1. The molecule has 0 unspecified atom stereocenters. The molecule has 2 amide bonds. The number of anilines is 2. The number of benzene rings is 1. The number of hydrogen-bond acceptors (Lipinski definition) is 9. The molecule has 0 radical (unpaired) electrons. The lowest BCUT2D eigenvalue weighted by atomic mass is 10.1. The van der Waals surface area contributed by atoms with Crippen molar-refractivity contribution in [2.24, 2.45) is 0 Å². The second kappa shape index (κ2) is 12.4. The predicted molar refractivity (Wildman–Crippen MR) is 152 cm³/mol. The molecule has 2 aromatic heterocycles. The second-order valence-corrected chi connectivity index (χ2v) is 10.6. The molecule has 1 aliphatic rings. The van der Waals surface area contributed by atoms with Gasteiger partial charge in [-0.3, -0.25) is 4.79 Å². The van der Waals surface area contributed by atoms with E-state index in [1.54, 1.807) is 45.0 Å². The van der Waals surface area contributed by atoms with Crippen LogP contribution in [0.1, 0.15) is 32.0 Å². The van der Waals surface area contributed by atoms with Gasteiger partial charge in [-0.15, -0.1) is 0 Å². The maximum Gasteiger partial charge on any atom is 0.408 e. The summed E-state index contributed by atoms with van der Waals surface area (Å²) in [6, 6.07) is 13.6. The van der Waals surface area contributed by atoms with E-state index in [0.717, 1.165) is 48.6 Å². The van der Waals surface area contributed by atoms with Gasteiger partial charge >= 0.3 is 6.09 Å². The summed E-state index contributed by atoms with van der Waals surface area (Å²) in [4.78, 5) is 43.7. The lowest BCUT2D eigenvalue weighted by Crippen LogP contribution is -2.47. The molecule has 0 spiro atoms. The first-order valence-electron chi connectivity index (χ1n) is 13.1. The van der Waals surface area contributed by atoms with Crippen molar-refractivity contribution in [3.8, 4) is 17.2 Å². The number of nitrogens with one attached hydrogen (secondary N) is 1. The number of rotatable bonds is 7. The number of alkyl carbamates (subject to hydrolysis) is 1. The van der Waals surface area contributed by atoms with Gasteiger partial charge in [0.2, 0.25) is 11.9 Å². The van der Waals surface area contributed by atoms with Gasteiger partial charge in [-0.05, 0) is 50.1 Å². The van der Waals surface area contributed by atoms with E-state index in [2.05, 4.69) is 30.1 Å². The van der Waals surface area contributed by atoms with E-state index in [0.29, 0.717) is 18.2 Å². The smallest absolute Gasteiger partial charge is 0.408 e. The molecule has 1 aromatic carbocycles. The van der Waals surface area contributed by atoms with Crippen molar-refractivity contribution in [3.05, 3.63) is 66.2 Å². The number of amides is 2. The Morgan fingerprint density at radius 1 is 1.00 bits per heavy atom. The van der Waals surface area contributed by atoms with Crippen LogP contribution < -0.4 is 15.1 Å². The Morgan fingerprint density at radius 2 is 1.70 bits per heavy atom. The molecule has 3 aromatic rings. The van der Waals surface area contributed by atoms with Gasteiger partial charge in [0, 0.05) is 57.7 Å². The van der Waals surface area contributed by atoms with Crippen molar-refractivity contribution >= 4 is 23.6 Å². The summed E-state index contributed by atoms with van der Waals surface area (Å²) < 4.78 is 5.18. The molecule has 1 saturated heterocycles.